The van der Waals surface area contributed by atoms with Crippen molar-refractivity contribution in [2.24, 2.45) is 0 Å². The molecule has 0 aliphatic rings. The maximum atomic E-state index is 12.9. The molecule has 4 nitrogen and oxygen atoms in total. The van der Waals surface area contributed by atoms with Crippen molar-refractivity contribution in [3.8, 4) is 11.6 Å². The van der Waals surface area contributed by atoms with Crippen LogP contribution in [0.2, 0.25) is 5.02 Å². The molecule has 2 aromatic carbocycles. The number of hydrogen-bond donors (Lipinski definition) is 1. The zero-order valence-corrected chi connectivity index (χ0v) is 16.0. The highest BCUT2D eigenvalue weighted by Crippen LogP contribution is 2.20. The van der Waals surface area contributed by atoms with E-state index in [1.807, 2.05) is 30.3 Å². The Balaban J connectivity index is 1.44. The number of nitrogens with zero attached hydrogens (tertiary/aromatic N) is 1. The summed E-state index contributed by atoms with van der Waals surface area (Å²) in [4.78, 5) is 16.2. The van der Waals surface area contributed by atoms with Crippen LogP contribution < -0.4 is 10.1 Å². The molecule has 28 heavy (non-hydrogen) atoms. The van der Waals surface area contributed by atoms with E-state index in [-0.39, 0.29) is 11.7 Å². The van der Waals surface area contributed by atoms with Crippen LogP contribution in [0, 0.1) is 5.82 Å². The average Bonchev–Trinajstić information content (AvgIpc) is 2.70. The molecule has 1 aromatic heterocycles. The van der Waals surface area contributed by atoms with Crippen molar-refractivity contribution in [1.82, 2.24) is 10.3 Å². The van der Waals surface area contributed by atoms with Crippen LogP contribution in [0.3, 0.4) is 0 Å². The number of ether oxygens (including phenoxy) is 1. The normalized spacial score (nSPS) is 10.5. The number of rotatable bonds is 8. The van der Waals surface area contributed by atoms with E-state index in [2.05, 4.69) is 10.3 Å². The molecule has 0 saturated carbocycles. The second kappa shape index (κ2) is 9.85. The van der Waals surface area contributed by atoms with Crippen molar-refractivity contribution >= 4 is 17.5 Å². The second-order valence-corrected chi connectivity index (χ2v) is 6.75. The Kier molecular flexibility index (Phi) is 6.98. The van der Waals surface area contributed by atoms with Gasteiger partial charge in [-0.25, -0.2) is 9.37 Å². The van der Waals surface area contributed by atoms with E-state index in [1.165, 1.54) is 24.3 Å². The van der Waals surface area contributed by atoms with E-state index >= 15 is 0 Å². The number of nitrogens with one attached hydrogen (secondary N) is 1. The molecule has 1 heterocycles. The van der Waals surface area contributed by atoms with Crippen molar-refractivity contribution < 1.29 is 13.9 Å². The predicted molar refractivity (Wildman–Crippen MR) is 107 cm³/mol. The molecule has 3 rings (SSSR count). The fraction of sp³-hybridized carbons (Fsp3) is 0.182. The molecule has 0 fully saturated rings. The lowest BCUT2D eigenvalue weighted by Crippen LogP contribution is -2.22. The summed E-state index contributed by atoms with van der Waals surface area (Å²) in [5, 5.41) is 3.61. The van der Waals surface area contributed by atoms with Crippen molar-refractivity contribution in [3.05, 3.63) is 88.8 Å². The van der Waals surface area contributed by atoms with E-state index in [0.717, 1.165) is 24.0 Å². The summed E-state index contributed by atoms with van der Waals surface area (Å²) in [6.45, 7) is 0.391. The van der Waals surface area contributed by atoms with Crippen LogP contribution in [0.15, 0.2) is 66.9 Å². The summed E-state index contributed by atoms with van der Waals surface area (Å²) >= 11 is 5.87. The smallest absolute Gasteiger partial charge is 0.220 e. The largest absolute Gasteiger partial charge is 0.439 e. The van der Waals surface area contributed by atoms with Crippen LogP contribution in [0.25, 0.3) is 0 Å². The summed E-state index contributed by atoms with van der Waals surface area (Å²) in [5.41, 5.74) is 2.03. The van der Waals surface area contributed by atoms with Gasteiger partial charge in [-0.15, -0.1) is 0 Å². The number of carbonyl (C=O) groups is 1. The van der Waals surface area contributed by atoms with Crippen LogP contribution in [-0.2, 0) is 17.8 Å². The first-order chi connectivity index (χ1) is 13.6. The third kappa shape index (κ3) is 6.35. The highest BCUT2D eigenvalue weighted by molar-refractivity contribution is 6.30. The Bertz CT molecular complexity index is 915. The number of halogens is 2. The van der Waals surface area contributed by atoms with Gasteiger partial charge in [0.1, 0.15) is 11.6 Å². The lowest BCUT2D eigenvalue weighted by atomic mass is 10.1. The quantitative estimate of drug-likeness (QED) is 0.559. The van der Waals surface area contributed by atoms with E-state index in [0.29, 0.717) is 29.6 Å². The van der Waals surface area contributed by atoms with Crippen LogP contribution in [0.4, 0.5) is 4.39 Å². The first-order valence-electron chi connectivity index (χ1n) is 8.98. The zero-order valence-electron chi connectivity index (χ0n) is 15.2. The first-order valence-corrected chi connectivity index (χ1v) is 9.36. The van der Waals surface area contributed by atoms with Crippen LogP contribution in [-0.4, -0.2) is 10.9 Å². The third-order valence-corrected chi connectivity index (χ3v) is 4.36. The minimum absolute atomic E-state index is 0.00761. The van der Waals surface area contributed by atoms with Gasteiger partial charge in [0, 0.05) is 30.3 Å². The van der Waals surface area contributed by atoms with Gasteiger partial charge in [0.05, 0.1) is 0 Å². The third-order valence-electron chi connectivity index (χ3n) is 4.11. The van der Waals surface area contributed by atoms with Crippen LogP contribution in [0.1, 0.15) is 24.0 Å². The summed E-state index contributed by atoms with van der Waals surface area (Å²) in [7, 11) is 0. The maximum Gasteiger partial charge on any atom is 0.220 e. The molecule has 0 aliphatic carbocycles. The number of carbonyl (C=O) groups excluding carboxylic acids is 1. The summed E-state index contributed by atoms with van der Waals surface area (Å²) in [6, 6.07) is 16.9. The van der Waals surface area contributed by atoms with E-state index in [4.69, 9.17) is 16.3 Å². The van der Waals surface area contributed by atoms with E-state index in [1.54, 1.807) is 12.3 Å². The Hall–Kier alpha value is -2.92. The Morgan fingerprint density at radius 1 is 1.04 bits per heavy atom. The van der Waals surface area contributed by atoms with Gasteiger partial charge in [-0.1, -0.05) is 23.7 Å². The molecule has 6 heteroatoms. The molecule has 0 bridgehead atoms. The molecule has 0 aliphatic heterocycles. The Labute approximate surface area is 168 Å². The Morgan fingerprint density at radius 2 is 1.79 bits per heavy atom. The molecule has 1 amide bonds. The standard InChI is InChI=1S/C22H20ClFN2O2/c23-18-6-4-16(5-7-18)2-1-3-21(27)26-15-17-12-13-25-22(14-17)28-20-10-8-19(24)9-11-20/h4-14H,1-3,15H2,(H,26,27). The molecule has 0 atom stereocenters. The molecule has 0 radical (unpaired) electrons. The number of hydrogen-bond acceptors (Lipinski definition) is 3. The van der Waals surface area contributed by atoms with Gasteiger partial charge >= 0.3 is 0 Å². The van der Waals surface area contributed by atoms with Gasteiger partial charge in [-0.3, -0.25) is 4.79 Å². The second-order valence-electron chi connectivity index (χ2n) is 6.32. The molecular weight excluding hydrogens is 379 g/mol. The topological polar surface area (TPSA) is 51.2 Å². The van der Waals surface area contributed by atoms with Crippen molar-refractivity contribution in [1.29, 1.82) is 0 Å². The van der Waals surface area contributed by atoms with Crippen LogP contribution in [0.5, 0.6) is 11.6 Å². The predicted octanol–water partition coefficient (Wildman–Crippen LogP) is 5.31. The monoisotopic (exact) mass is 398 g/mol. The van der Waals surface area contributed by atoms with Gasteiger partial charge in [0.15, 0.2) is 0 Å². The van der Waals surface area contributed by atoms with Gasteiger partial charge in [0.25, 0.3) is 0 Å². The molecule has 144 valence electrons. The molecule has 0 spiro atoms. The number of amides is 1. The molecular formula is C22H20ClFN2O2. The van der Waals surface area contributed by atoms with Crippen molar-refractivity contribution in [2.75, 3.05) is 0 Å². The molecule has 0 unspecified atom stereocenters. The fourth-order valence-electron chi connectivity index (χ4n) is 2.63. The number of aryl methyl sites for hydroxylation is 1. The maximum absolute atomic E-state index is 12.9. The first kappa shape index (κ1) is 19.8. The lowest BCUT2D eigenvalue weighted by molar-refractivity contribution is -0.121. The SMILES string of the molecule is O=C(CCCc1ccc(Cl)cc1)NCc1ccnc(Oc2ccc(F)cc2)c1. The fourth-order valence-corrected chi connectivity index (χ4v) is 2.76. The van der Waals surface area contributed by atoms with E-state index in [9.17, 15) is 9.18 Å². The number of pyridine rings is 1. The summed E-state index contributed by atoms with van der Waals surface area (Å²) in [5.74, 6) is 0.554. The molecule has 0 saturated heterocycles. The van der Waals surface area contributed by atoms with Gasteiger partial charge in [0.2, 0.25) is 11.8 Å². The minimum atomic E-state index is -0.326. The number of aromatic nitrogens is 1. The van der Waals surface area contributed by atoms with Gasteiger partial charge in [-0.2, -0.15) is 0 Å². The van der Waals surface area contributed by atoms with Gasteiger partial charge < -0.3 is 10.1 Å². The molecule has 1 N–H and O–H groups in total. The number of benzene rings is 2. The highest BCUT2D eigenvalue weighted by Gasteiger charge is 2.05. The van der Waals surface area contributed by atoms with Crippen molar-refractivity contribution in [2.45, 2.75) is 25.8 Å². The van der Waals surface area contributed by atoms with Gasteiger partial charge in [-0.05, 0) is 66.4 Å². The zero-order chi connectivity index (χ0) is 19.8. The highest BCUT2D eigenvalue weighted by atomic mass is 35.5. The lowest BCUT2D eigenvalue weighted by Gasteiger charge is -2.08. The minimum Gasteiger partial charge on any atom is -0.439 e. The molecule has 3 aromatic rings. The summed E-state index contributed by atoms with van der Waals surface area (Å²) in [6.07, 6.45) is 3.66. The van der Waals surface area contributed by atoms with E-state index < -0.39 is 0 Å². The van der Waals surface area contributed by atoms with Crippen molar-refractivity contribution in [3.63, 3.8) is 0 Å². The average molecular weight is 399 g/mol. The van der Waals surface area contributed by atoms with Crippen LogP contribution >= 0.6 is 11.6 Å². The Morgan fingerprint density at radius 3 is 2.54 bits per heavy atom. The summed E-state index contributed by atoms with van der Waals surface area (Å²) < 4.78 is 18.6.